The minimum atomic E-state index is -4.68. The molecule has 3 aromatic rings. The Labute approximate surface area is 256 Å². The van der Waals surface area contributed by atoms with Crippen LogP contribution in [0.15, 0.2) is 59.8 Å². The molecule has 1 atom stereocenters. The first kappa shape index (κ1) is 34.0. The second kappa shape index (κ2) is 13.0. The van der Waals surface area contributed by atoms with Crippen LogP contribution in [0.5, 0.6) is 0 Å². The molecule has 3 amide bonds. The van der Waals surface area contributed by atoms with Crippen LogP contribution in [-0.4, -0.2) is 82.1 Å². The number of nitrogens with zero attached hydrogens (tertiary/aromatic N) is 4. The quantitative estimate of drug-likeness (QED) is 0.260. The molecule has 0 N–H and O–H groups in total. The van der Waals surface area contributed by atoms with E-state index in [0.29, 0.717) is 10.5 Å². The summed E-state index contributed by atoms with van der Waals surface area (Å²) in [6.07, 6.45) is 0.544. The van der Waals surface area contributed by atoms with Gasteiger partial charge < -0.3 is 18.8 Å². The number of benzene rings is 1. The Kier molecular flexibility index (Phi) is 10.1. The Balaban J connectivity index is 2.12. The predicted octanol–water partition coefficient (Wildman–Crippen LogP) is 4.28. The van der Waals surface area contributed by atoms with E-state index in [1.54, 1.807) is 52.1 Å². The van der Waals surface area contributed by atoms with E-state index in [1.165, 1.54) is 55.8 Å². The molecule has 0 spiro atoms. The third kappa shape index (κ3) is 8.34. The van der Waals surface area contributed by atoms with Gasteiger partial charge in [-0.2, -0.15) is 4.31 Å². The topological polar surface area (TPSA) is 154 Å². The first-order valence-corrected chi connectivity index (χ1v) is 15.1. The molecule has 13 nitrogen and oxygen atoms in total. The lowest BCUT2D eigenvalue weighted by molar-refractivity contribution is -0.152. The molecule has 2 heterocycles. The van der Waals surface area contributed by atoms with E-state index >= 15 is 0 Å². The molecule has 0 aliphatic rings. The lowest BCUT2D eigenvalue weighted by Gasteiger charge is -2.33. The van der Waals surface area contributed by atoms with Crippen LogP contribution in [-0.2, 0) is 40.4 Å². The highest BCUT2D eigenvalue weighted by atomic mass is 32.2. The Hall–Kier alpha value is -4.46. The van der Waals surface area contributed by atoms with E-state index in [4.69, 9.17) is 14.2 Å². The average Bonchev–Trinajstić information content (AvgIpc) is 3.31. The van der Waals surface area contributed by atoms with E-state index in [2.05, 4.69) is 4.98 Å². The third-order valence-electron chi connectivity index (χ3n) is 6.02. The van der Waals surface area contributed by atoms with Gasteiger partial charge in [-0.3, -0.25) is 4.79 Å². The molecule has 0 aliphatic heterocycles. The molecule has 44 heavy (non-hydrogen) atoms. The molecule has 1 aromatic carbocycles. The summed E-state index contributed by atoms with van der Waals surface area (Å²) in [7, 11) is -3.60. The number of rotatable bonds is 8. The molecule has 0 saturated carbocycles. The van der Waals surface area contributed by atoms with Crippen molar-refractivity contribution in [2.45, 2.75) is 77.2 Å². The molecular formula is C30H38N4O9S. The minimum absolute atomic E-state index is 0.226. The Morgan fingerprint density at radius 2 is 1.50 bits per heavy atom. The predicted molar refractivity (Wildman–Crippen MR) is 160 cm³/mol. The van der Waals surface area contributed by atoms with Gasteiger partial charge in [0.25, 0.3) is 15.9 Å². The Morgan fingerprint density at radius 3 is 2.07 bits per heavy atom. The highest BCUT2D eigenvalue weighted by Gasteiger charge is 2.43. The number of hydrogen-bond acceptors (Lipinski definition) is 10. The van der Waals surface area contributed by atoms with Gasteiger partial charge in [0.2, 0.25) is 0 Å². The van der Waals surface area contributed by atoms with Crippen LogP contribution in [0.2, 0.25) is 0 Å². The largest absolute Gasteiger partial charge is 0.467 e. The van der Waals surface area contributed by atoms with Gasteiger partial charge in [-0.15, -0.1) is 0 Å². The second-order valence-corrected chi connectivity index (χ2v) is 13.8. The zero-order valence-corrected chi connectivity index (χ0v) is 26.9. The number of esters is 1. The zero-order chi connectivity index (χ0) is 33.0. The number of hydrogen-bond donors (Lipinski definition) is 0. The average molecular weight is 631 g/mol. The number of fused-ring (bicyclic) bond motifs is 1. The van der Waals surface area contributed by atoms with E-state index in [9.17, 15) is 27.6 Å². The fraction of sp³-hybridized carbons (Fsp3) is 0.433. The summed E-state index contributed by atoms with van der Waals surface area (Å²) < 4.78 is 45.0. The van der Waals surface area contributed by atoms with Crippen LogP contribution >= 0.6 is 0 Å². The molecule has 0 fully saturated rings. The van der Waals surface area contributed by atoms with Crippen molar-refractivity contribution in [3.63, 3.8) is 0 Å². The van der Waals surface area contributed by atoms with Gasteiger partial charge in [-0.1, -0.05) is 17.7 Å². The monoisotopic (exact) mass is 630 g/mol. The minimum Gasteiger partial charge on any atom is -0.467 e. The van der Waals surface area contributed by atoms with Crippen molar-refractivity contribution in [1.29, 1.82) is 0 Å². The Bertz CT molecular complexity index is 1640. The Morgan fingerprint density at radius 1 is 0.909 bits per heavy atom. The number of pyridine rings is 1. The molecule has 14 heteroatoms. The maximum atomic E-state index is 14.0. The molecule has 0 unspecified atom stereocenters. The number of sulfonamides is 1. The summed E-state index contributed by atoms with van der Waals surface area (Å²) in [6, 6.07) is 9.21. The highest BCUT2D eigenvalue weighted by Crippen LogP contribution is 2.23. The lowest BCUT2D eigenvalue weighted by Crippen LogP contribution is -2.56. The van der Waals surface area contributed by atoms with Gasteiger partial charge in [-0.25, -0.2) is 32.7 Å². The SMILES string of the molecule is COC(=O)[C@H](Cn1ccc2cccnc21)N(C(=O)CN(C(=O)OC(C)(C)C)S(=O)(=O)c1ccc(C)cc1)C(=O)OC(C)(C)C. The van der Waals surface area contributed by atoms with Crippen molar-refractivity contribution in [2.75, 3.05) is 13.7 Å². The molecule has 0 aliphatic carbocycles. The van der Waals surface area contributed by atoms with Gasteiger partial charge in [0.15, 0.2) is 6.04 Å². The van der Waals surface area contributed by atoms with E-state index < -0.39 is 57.9 Å². The van der Waals surface area contributed by atoms with Gasteiger partial charge in [0, 0.05) is 17.8 Å². The molecular weight excluding hydrogens is 592 g/mol. The molecule has 0 radical (unpaired) electrons. The summed E-state index contributed by atoms with van der Waals surface area (Å²) in [5.74, 6) is -2.23. The highest BCUT2D eigenvalue weighted by molar-refractivity contribution is 7.89. The maximum Gasteiger partial charge on any atom is 0.424 e. The lowest BCUT2D eigenvalue weighted by atomic mass is 10.2. The fourth-order valence-corrected chi connectivity index (χ4v) is 5.31. The standard InChI is InChI=1S/C30H38N4O9S/c1-20-11-13-22(14-12-20)44(39,40)33(27(37)42-29(2,3)4)19-24(35)34(28(38)43-30(5,6)7)23(26(36)41-8)18-32-17-15-21-10-9-16-31-25(21)32/h9-17,23H,18-19H2,1-8H3/t23-/m0/s1. The first-order valence-electron chi connectivity index (χ1n) is 13.7. The summed E-state index contributed by atoms with van der Waals surface area (Å²) in [5.41, 5.74) is -1.04. The van der Waals surface area contributed by atoms with Crippen molar-refractivity contribution in [2.24, 2.45) is 0 Å². The van der Waals surface area contributed by atoms with Crippen molar-refractivity contribution in [3.05, 3.63) is 60.4 Å². The van der Waals surface area contributed by atoms with Crippen molar-refractivity contribution in [3.8, 4) is 0 Å². The van der Waals surface area contributed by atoms with Crippen LogP contribution in [0.3, 0.4) is 0 Å². The van der Waals surface area contributed by atoms with Crippen LogP contribution in [0.4, 0.5) is 9.59 Å². The molecule has 0 saturated heterocycles. The fourth-order valence-electron chi connectivity index (χ4n) is 4.06. The van der Waals surface area contributed by atoms with Crippen molar-refractivity contribution < 1.29 is 41.8 Å². The van der Waals surface area contributed by atoms with E-state index in [1.807, 2.05) is 0 Å². The molecule has 238 valence electrons. The number of ether oxygens (including phenoxy) is 3. The summed E-state index contributed by atoms with van der Waals surface area (Å²) in [4.78, 5) is 58.5. The number of aromatic nitrogens is 2. The summed E-state index contributed by atoms with van der Waals surface area (Å²) in [6.45, 7) is 9.49. The second-order valence-electron chi connectivity index (χ2n) is 12.0. The third-order valence-corrected chi connectivity index (χ3v) is 7.75. The van der Waals surface area contributed by atoms with Gasteiger partial charge in [0.05, 0.1) is 18.6 Å². The normalized spacial score (nSPS) is 12.7. The number of imide groups is 1. The van der Waals surface area contributed by atoms with Crippen LogP contribution in [0, 0.1) is 6.92 Å². The van der Waals surface area contributed by atoms with Crippen LogP contribution in [0.25, 0.3) is 11.0 Å². The van der Waals surface area contributed by atoms with Gasteiger partial charge >= 0.3 is 18.2 Å². The molecule has 2 aromatic heterocycles. The zero-order valence-electron chi connectivity index (χ0n) is 26.1. The smallest absolute Gasteiger partial charge is 0.424 e. The molecule has 0 bridgehead atoms. The number of aryl methyl sites for hydroxylation is 1. The number of carbonyl (C=O) groups is 4. The molecule has 3 rings (SSSR count). The van der Waals surface area contributed by atoms with Gasteiger partial charge in [0.1, 0.15) is 23.4 Å². The number of amides is 3. The van der Waals surface area contributed by atoms with E-state index in [-0.39, 0.29) is 15.7 Å². The number of carbonyl (C=O) groups excluding carboxylic acids is 4. The van der Waals surface area contributed by atoms with E-state index in [0.717, 1.165) is 18.1 Å². The van der Waals surface area contributed by atoms with Crippen molar-refractivity contribution >= 4 is 45.1 Å². The van der Waals surface area contributed by atoms with Crippen LogP contribution < -0.4 is 0 Å². The van der Waals surface area contributed by atoms with Crippen LogP contribution in [0.1, 0.15) is 47.1 Å². The van der Waals surface area contributed by atoms with Gasteiger partial charge in [-0.05, 0) is 78.8 Å². The number of methoxy groups -OCH3 is 1. The summed E-state index contributed by atoms with van der Waals surface area (Å²) in [5, 5.41) is 0.728. The summed E-state index contributed by atoms with van der Waals surface area (Å²) >= 11 is 0. The maximum absolute atomic E-state index is 14.0. The first-order chi connectivity index (χ1) is 20.3. The van der Waals surface area contributed by atoms with Crippen molar-refractivity contribution in [1.82, 2.24) is 18.8 Å².